The third-order valence-corrected chi connectivity index (χ3v) is 1.22. The van der Waals surface area contributed by atoms with E-state index in [1.165, 1.54) is 6.20 Å². The Hall–Kier alpha value is -0.380. The fourth-order valence-electron chi connectivity index (χ4n) is 0.738. The summed E-state index contributed by atoms with van der Waals surface area (Å²) in [7, 11) is 1.78. The van der Waals surface area contributed by atoms with Crippen LogP contribution in [0.2, 0.25) is 0 Å². The van der Waals surface area contributed by atoms with Gasteiger partial charge in [-0.15, -0.1) is 24.8 Å². The van der Waals surface area contributed by atoms with Gasteiger partial charge in [-0.05, 0) is 13.1 Å². The molecule has 2 nitrogen and oxygen atoms in total. The Balaban J connectivity index is 0. The van der Waals surface area contributed by atoms with Gasteiger partial charge in [-0.25, -0.2) is 4.39 Å². The maximum atomic E-state index is 12.7. The summed E-state index contributed by atoms with van der Waals surface area (Å²) in [4.78, 5) is 3.62. The molecule has 1 N–H and O–H groups in total. The van der Waals surface area contributed by atoms with E-state index in [9.17, 15) is 4.39 Å². The zero-order chi connectivity index (χ0) is 7.40. The lowest BCUT2D eigenvalue weighted by Gasteiger charge is -1.98. The van der Waals surface area contributed by atoms with Crippen LogP contribution in [0.15, 0.2) is 18.5 Å². The number of halogens is 3. The van der Waals surface area contributed by atoms with Crippen LogP contribution in [0.1, 0.15) is 5.56 Å². The van der Waals surface area contributed by atoms with Crippen molar-refractivity contribution >= 4 is 24.8 Å². The van der Waals surface area contributed by atoms with Crippen molar-refractivity contribution in [2.45, 2.75) is 6.54 Å². The van der Waals surface area contributed by atoms with E-state index in [4.69, 9.17) is 0 Å². The highest BCUT2D eigenvalue weighted by Gasteiger charge is 1.97. The van der Waals surface area contributed by atoms with E-state index in [1.807, 2.05) is 0 Å². The molecule has 0 aliphatic heterocycles. The van der Waals surface area contributed by atoms with Gasteiger partial charge in [-0.2, -0.15) is 0 Å². The first-order valence-electron chi connectivity index (χ1n) is 3.07. The molecule has 0 saturated heterocycles. The van der Waals surface area contributed by atoms with Gasteiger partial charge in [-0.3, -0.25) is 4.98 Å². The number of nitrogens with zero attached hydrogens (tertiary/aromatic N) is 1. The van der Waals surface area contributed by atoms with Crippen LogP contribution in [-0.2, 0) is 6.54 Å². The Bertz CT molecular complexity index is 220. The molecule has 0 saturated carbocycles. The Morgan fingerprint density at radius 2 is 2.17 bits per heavy atom. The Morgan fingerprint density at radius 3 is 2.67 bits per heavy atom. The Morgan fingerprint density at radius 1 is 1.50 bits per heavy atom. The van der Waals surface area contributed by atoms with Crippen molar-refractivity contribution in [3.63, 3.8) is 0 Å². The number of hydrogen-bond acceptors (Lipinski definition) is 2. The number of hydrogen-bond donors (Lipinski definition) is 1. The Kier molecular flexibility index (Phi) is 8.59. The minimum atomic E-state index is -0.253. The van der Waals surface area contributed by atoms with Crippen LogP contribution in [0.4, 0.5) is 4.39 Å². The van der Waals surface area contributed by atoms with Gasteiger partial charge in [0.1, 0.15) is 5.82 Å². The first-order chi connectivity index (χ1) is 4.84. The number of pyridine rings is 1. The molecule has 0 amide bonds. The molecule has 1 aromatic heterocycles. The van der Waals surface area contributed by atoms with Crippen LogP contribution in [0.25, 0.3) is 0 Å². The molecule has 0 spiro atoms. The van der Waals surface area contributed by atoms with Crippen LogP contribution >= 0.6 is 24.8 Å². The van der Waals surface area contributed by atoms with Crippen molar-refractivity contribution in [2.24, 2.45) is 0 Å². The predicted molar refractivity (Wildman–Crippen MR) is 51.5 cm³/mol. The Labute approximate surface area is 83.4 Å². The third kappa shape index (κ3) is 3.85. The smallest absolute Gasteiger partial charge is 0.145 e. The third-order valence-electron chi connectivity index (χ3n) is 1.22. The molecule has 5 heteroatoms. The molecule has 0 aliphatic carbocycles. The van der Waals surface area contributed by atoms with Gasteiger partial charge in [0.15, 0.2) is 0 Å². The summed E-state index contributed by atoms with van der Waals surface area (Å²) in [6, 6.07) is 1.66. The van der Waals surface area contributed by atoms with E-state index in [-0.39, 0.29) is 30.6 Å². The predicted octanol–water partition coefficient (Wildman–Crippen LogP) is 1.78. The SMILES string of the molecule is CNCc1ccncc1F.Cl.Cl. The molecule has 0 bridgehead atoms. The monoisotopic (exact) mass is 212 g/mol. The molecular formula is C7H11Cl2FN2. The van der Waals surface area contributed by atoms with Crippen LogP contribution < -0.4 is 5.32 Å². The topological polar surface area (TPSA) is 24.9 Å². The second-order valence-electron chi connectivity index (χ2n) is 2.00. The number of aromatic nitrogens is 1. The molecule has 1 aromatic rings. The normalized spacial score (nSPS) is 8.17. The average molecular weight is 213 g/mol. The van der Waals surface area contributed by atoms with E-state index in [1.54, 1.807) is 19.3 Å². The van der Waals surface area contributed by atoms with Crippen molar-refractivity contribution in [3.8, 4) is 0 Å². The molecule has 1 heterocycles. The lowest BCUT2D eigenvalue weighted by Crippen LogP contribution is -2.06. The van der Waals surface area contributed by atoms with E-state index in [0.29, 0.717) is 12.1 Å². The van der Waals surface area contributed by atoms with Gasteiger partial charge < -0.3 is 5.32 Å². The van der Waals surface area contributed by atoms with E-state index in [0.717, 1.165) is 0 Å². The summed E-state index contributed by atoms with van der Waals surface area (Å²) in [5, 5.41) is 2.86. The molecule has 0 aromatic carbocycles. The van der Waals surface area contributed by atoms with Crippen LogP contribution in [0.5, 0.6) is 0 Å². The summed E-state index contributed by atoms with van der Waals surface area (Å²) in [6.07, 6.45) is 2.79. The van der Waals surface area contributed by atoms with Gasteiger partial charge in [0.25, 0.3) is 0 Å². The first-order valence-corrected chi connectivity index (χ1v) is 3.07. The van der Waals surface area contributed by atoms with Crippen LogP contribution in [0.3, 0.4) is 0 Å². The number of nitrogens with one attached hydrogen (secondary N) is 1. The lowest BCUT2D eigenvalue weighted by atomic mass is 10.2. The highest BCUT2D eigenvalue weighted by Crippen LogP contribution is 2.02. The highest BCUT2D eigenvalue weighted by atomic mass is 35.5. The van der Waals surface area contributed by atoms with Gasteiger partial charge in [-0.1, -0.05) is 0 Å². The van der Waals surface area contributed by atoms with Crippen molar-refractivity contribution in [2.75, 3.05) is 7.05 Å². The van der Waals surface area contributed by atoms with Crippen molar-refractivity contribution in [1.29, 1.82) is 0 Å². The molecule has 0 unspecified atom stereocenters. The maximum Gasteiger partial charge on any atom is 0.145 e. The zero-order valence-corrected chi connectivity index (χ0v) is 8.21. The van der Waals surface area contributed by atoms with Crippen molar-refractivity contribution in [3.05, 3.63) is 29.8 Å². The van der Waals surface area contributed by atoms with Gasteiger partial charge in [0.05, 0.1) is 6.20 Å². The average Bonchev–Trinajstić information content (AvgIpc) is 1.94. The highest BCUT2D eigenvalue weighted by molar-refractivity contribution is 5.85. The fraction of sp³-hybridized carbons (Fsp3) is 0.286. The summed E-state index contributed by atoms with van der Waals surface area (Å²) < 4.78 is 12.7. The van der Waals surface area contributed by atoms with E-state index < -0.39 is 0 Å². The molecular weight excluding hydrogens is 202 g/mol. The maximum absolute atomic E-state index is 12.7. The molecule has 0 fully saturated rings. The summed E-state index contributed by atoms with van der Waals surface area (Å²) in [5.74, 6) is -0.253. The van der Waals surface area contributed by atoms with E-state index in [2.05, 4.69) is 10.3 Å². The fourth-order valence-corrected chi connectivity index (χ4v) is 0.738. The minimum Gasteiger partial charge on any atom is -0.316 e. The van der Waals surface area contributed by atoms with Crippen LogP contribution in [0, 0.1) is 5.82 Å². The van der Waals surface area contributed by atoms with E-state index >= 15 is 0 Å². The second kappa shape index (κ2) is 7.28. The largest absolute Gasteiger partial charge is 0.316 e. The zero-order valence-electron chi connectivity index (χ0n) is 6.58. The molecule has 0 aliphatic rings. The first kappa shape index (κ1) is 14.2. The summed E-state index contributed by atoms with van der Waals surface area (Å²) in [6.45, 7) is 0.550. The molecule has 70 valence electrons. The molecule has 1 rings (SSSR count). The minimum absolute atomic E-state index is 0. The summed E-state index contributed by atoms with van der Waals surface area (Å²) >= 11 is 0. The molecule has 0 atom stereocenters. The van der Waals surface area contributed by atoms with Crippen molar-refractivity contribution < 1.29 is 4.39 Å². The van der Waals surface area contributed by atoms with Crippen LogP contribution in [-0.4, -0.2) is 12.0 Å². The number of rotatable bonds is 2. The lowest BCUT2D eigenvalue weighted by molar-refractivity contribution is 0.594. The standard InChI is InChI=1S/C7H9FN2.2ClH/c1-9-4-6-2-3-10-5-7(6)8;;/h2-3,5,9H,4H2,1H3;2*1H. The quantitative estimate of drug-likeness (QED) is 0.809. The van der Waals surface area contributed by atoms with Gasteiger partial charge >= 0.3 is 0 Å². The summed E-state index contributed by atoms with van der Waals surface area (Å²) in [5.41, 5.74) is 0.650. The molecule has 0 radical (unpaired) electrons. The van der Waals surface area contributed by atoms with Gasteiger partial charge in [0, 0.05) is 18.3 Å². The second-order valence-corrected chi connectivity index (χ2v) is 2.00. The van der Waals surface area contributed by atoms with Crippen molar-refractivity contribution in [1.82, 2.24) is 10.3 Å². The molecule has 12 heavy (non-hydrogen) atoms. The van der Waals surface area contributed by atoms with Gasteiger partial charge in [0.2, 0.25) is 0 Å².